The lowest BCUT2D eigenvalue weighted by Crippen LogP contribution is -2.50. The highest BCUT2D eigenvalue weighted by Crippen LogP contribution is 2.27. The molecule has 0 amide bonds. The number of hydrogen-bond donors (Lipinski definition) is 0. The van der Waals surface area contributed by atoms with Crippen molar-refractivity contribution >= 4 is 29.0 Å². The van der Waals surface area contributed by atoms with Gasteiger partial charge in [0.05, 0.1) is 10.0 Å². The lowest BCUT2D eigenvalue weighted by Gasteiger charge is -2.39. The van der Waals surface area contributed by atoms with Gasteiger partial charge in [-0.05, 0) is 25.3 Å². The molecular formula is C15H19Cl2N3. The van der Waals surface area contributed by atoms with Crippen LogP contribution in [0.15, 0.2) is 24.4 Å². The number of anilines is 1. The van der Waals surface area contributed by atoms with Crippen molar-refractivity contribution in [3.63, 3.8) is 0 Å². The lowest BCUT2D eigenvalue weighted by atomic mass is 10.0. The van der Waals surface area contributed by atoms with E-state index >= 15 is 0 Å². The predicted octanol–water partition coefficient (Wildman–Crippen LogP) is 3.62. The van der Waals surface area contributed by atoms with Crippen molar-refractivity contribution in [1.29, 1.82) is 0 Å². The molecule has 0 spiro atoms. The molecule has 2 aliphatic rings. The summed E-state index contributed by atoms with van der Waals surface area (Å²) >= 11 is 12.1. The topological polar surface area (TPSA) is 19.4 Å². The van der Waals surface area contributed by atoms with Crippen LogP contribution in [0.4, 0.5) is 5.82 Å². The highest BCUT2D eigenvalue weighted by Gasteiger charge is 2.24. The van der Waals surface area contributed by atoms with Gasteiger partial charge in [0.15, 0.2) is 0 Å². The monoisotopic (exact) mass is 311 g/mol. The molecule has 1 fully saturated rings. The molecule has 0 N–H and O–H groups in total. The molecule has 1 aliphatic carbocycles. The van der Waals surface area contributed by atoms with Crippen LogP contribution in [-0.2, 0) is 0 Å². The zero-order chi connectivity index (χ0) is 13.9. The number of rotatable bonds is 2. The Balaban J connectivity index is 1.63. The van der Waals surface area contributed by atoms with E-state index in [1.807, 2.05) is 0 Å². The van der Waals surface area contributed by atoms with E-state index in [1.54, 1.807) is 12.3 Å². The first-order valence-corrected chi connectivity index (χ1v) is 7.96. The molecule has 1 atom stereocenters. The first-order chi connectivity index (χ1) is 9.74. The number of pyridine rings is 1. The largest absolute Gasteiger partial charge is 0.353 e. The SMILES string of the molecule is Clc1cnc(N2CCN(C3C=CCCC3)CC2)c(Cl)c1. The number of halogens is 2. The fourth-order valence-electron chi connectivity index (χ4n) is 3.00. The molecule has 5 heteroatoms. The average Bonchev–Trinajstić information content (AvgIpc) is 2.48. The summed E-state index contributed by atoms with van der Waals surface area (Å²) in [5, 5.41) is 1.23. The maximum atomic E-state index is 6.23. The lowest BCUT2D eigenvalue weighted by molar-refractivity contribution is 0.201. The van der Waals surface area contributed by atoms with Crippen molar-refractivity contribution in [3.05, 3.63) is 34.5 Å². The van der Waals surface area contributed by atoms with Gasteiger partial charge >= 0.3 is 0 Å². The number of piperazine rings is 1. The van der Waals surface area contributed by atoms with E-state index in [4.69, 9.17) is 23.2 Å². The Labute approximate surface area is 130 Å². The van der Waals surface area contributed by atoms with E-state index in [-0.39, 0.29) is 0 Å². The second-order valence-corrected chi connectivity index (χ2v) is 6.25. The van der Waals surface area contributed by atoms with Crippen LogP contribution < -0.4 is 4.90 Å². The van der Waals surface area contributed by atoms with Gasteiger partial charge in [0.2, 0.25) is 0 Å². The van der Waals surface area contributed by atoms with Gasteiger partial charge in [-0.15, -0.1) is 0 Å². The summed E-state index contributed by atoms with van der Waals surface area (Å²) in [6, 6.07) is 2.39. The Bertz CT molecular complexity index is 496. The van der Waals surface area contributed by atoms with Crippen LogP contribution in [0.1, 0.15) is 19.3 Å². The van der Waals surface area contributed by atoms with Crippen molar-refractivity contribution in [2.75, 3.05) is 31.1 Å². The molecule has 2 heterocycles. The Kier molecular flexibility index (Phi) is 4.49. The molecule has 3 nitrogen and oxygen atoms in total. The molecule has 1 aliphatic heterocycles. The zero-order valence-corrected chi connectivity index (χ0v) is 12.9. The fourth-order valence-corrected chi connectivity index (χ4v) is 3.50. The van der Waals surface area contributed by atoms with Gasteiger partial charge in [0.1, 0.15) is 5.82 Å². The summed E-state index contributed by atoms with van der Waals surface area (Å²) in [5.41, 5.74) is 0. The fraction of sp³-hybridized carbons (Fsp3) is 0.533. The highest BCUT2D eigenvalue weighted by molar-refractivity contribution is 6.36. The molecule has 1 saturated heterocycles. The van der Waals surface area contributed by atoms with Crippen LogP contribution in [-0.4, -0.2) is 42.1 Å². The summed E-state index contributed by atoms with van der Waals surface area (Å²) in [6.45, 7) is 4.07. The second kappa shape index (κ2) is 6.33. The van der Waals surface area contributed by atoms with Crippen LogP contribution in [0.3, 0.4) is 0 Å². The van der Waals surface area contributed by atoms with Crippen molar-refractivity contribution in [2.24, 2.45) is 0 Å². The summed E-state index contributed by atoms with van der Waals surface area (Å²) in [5.74, 6) is 0.856. The van der Waals surface area contributed by atoms with Crippen molar-refractivity contribution in [3.8, 4) is 0 Å². The van der Waals surface area contributed by atoms with E-state index in [0.717, 1.165) is 32.0 Å². The second-order valence-electron chi connectivity index (χ2n) is 5.41. The molecule has 0 saturated carbocycles. The normalized spacial score (nSPS) is 24.1. The molecule has 3 rings (SSSR count). The molecule has 20 heavy (non-hydrogen) atoms. The summed E-state index contributed by atoms with van der Waals surface area (Å²) in [7, 11) is 0. The van der Waals surface area contributed by atoms with E-state index in [2.05, 4.69) is 26.9 Å². The smallest absolute Gasteiger partial charge is 0.147 e. The van der Waals surface area contributed by atoms with Gasteiger partial charge in [-0.1, -0.05) is 35.4 Å². The van der Waals surface area contributed by atoms with Crippen LogP contribution in [0.2, 0.25) is 10.0 Å². The van der Waals surface area contributed by atoms with E-state index < -0.39 is 0 Å². The van der Waals surface area contributed by atoms with Crippen LogP contribution >= 0.6 is 23.2 Å². The minimum absolute atomic E-state index is 0.588. The van der Waals surface area contributed by atoms with Crippen molar-refractivity contribution in [1.82, 2.24) is 9.88 Å². The number of nitrogens with zero attached hydrogens (tertiary/aromatic N) is 3. The Hall–Kier alpha value is -0.770. The van der Waals surface area contributed by atoms with Crippen molar-refractivity contribution in [2.45, 2.75) is 25.3 Å². The maximum Gasteiger partial charge on any atom is 0.147 e. The van der Waals surface area contributed by atoms with Gasteiger partial charge in [-0.3, -0.25) is 4.90 Å². The third-order valence-electron chi connectivity index (χ3n) is 4.10. The molecule has 0 radical (unpaired) electrons. The Morgan fingerprint density at radius 2 is 1.95 bits per heavy atom. The highest BCUT2D eigenvalue weighted by atomic mass is 35.5. The van der Waals surface area contributed by atoms with Gasteiger partial charge in [-0.25, -0.2) is 4.98 Å². The first kappa shape index (κ1) is 14.2. The van der Waals surface area contributed by atoms with Crippen LogP contribution in [0.25, 0.3) is 0 Å². The van der Waals surface area contributed by atoms with Gasteiger partial charge in [0.25, 0.3) is 0 Å². The third-order valence-corrected chi connectivity index (χ3v) is 4.58. The Morgan fingerprint density at radius 1 is 1.15 bits per heavy atom. The molecule has 1 aromatic heterocycles. The minimum atomic E-state index is 0.588. The van der Waals surface area contributed by atoms with Crippen LogP contribution in [0.5, 0.6) is 0 Å². The molecule has 0 bridgehead atoms. The Morgan fingerprint density at radius 3 is 2.60 bits per heavy atom. The van der Waals surface area contributed by atoms with Crippen LogP contribution in [0, 0.1) is 0 Å². The third kappa shape index (κ3) is 3.11. The first-order valence-electron chi connectivity index (χ1n) is 7.21. The standard InChI is InChI=1S/C15H19Cl2N3/c16-12-10-14(17)15(18-11-12)20-8-6-19(7-9-20)13-4-2-1-3-5-13/h2,4,10-11,13H,1,3,5-9H2. The number of hydrogen-bond acceptors (Lipinski definition) is 3. The summed E-state index contributed by atoms with van der Waals surface area (Å²) < 4.78 is 0. The van der Waals surface area contributed by atoms with E-state index in [1.165, 1.54) is 19.3 Å². The van der Waals surface area contributed by atoms with Gasteiger partial charge in [-0.2, -0.15) is 0 Å². The van der Waals surface area contributed by atoms with Crippen molar-refractivity contribution < 1.29 is 0 Å². The molecule has 0 aromatic carbocycles. The van der Waals surface area contributed by atoms with E-state index in [9.17, 15) is 0 Å². The number of allylic oxidation sites excluding steroid dienone is 1. The molecular weight excluding hydrogens is 293 g/mol. The average molecular weight is 312 g/mol. The van der Waals surface area contributed by atoms with Gasteiger partial charge in [0, 0.05) is 38.4 Å². The zero-order valence-electron chi connectivity index (χ0n) is 11.4. The molecule has 1 aromatic rings. The predicted molar refractivity (Wildman–Crippen MR) is 84.8 cm³/mol. The summed E-state index contributed by atoms with van der Waals surface area (Å²) in [4.78, 5) is 9.19. The van der Waals surface area contributed by atoms with E-state index in [0.29, 0.717) is 16.1 Å². The minimum Gasteiger partial charge on any atom is -0.353 e. The summed E-state index contributed by atoms with van der Waals surface area (Å²) in [6.07, 6.45) is 10.2. The molecule has 1 unspecified atom stereocenters. The molecule has 108 valence electrons. The van der Waals surface area contributed by atoms with Gasteiger partial charge < -0.3 is 4.90 Å². The number of aromatic nitrogens is 1. The maximum absolute atomic E-state index is 6.23. The quantitative estimate of drug-likeness (QED) is 0.778.